The molecule has 25 heavy (non-hydrogen) atoms. The normalized spacial score (nSPS) is 32.3. The maximum Gasteiger partial charge on any atom is 0.186 e. The molecule has 1 aromatic carbocycles. The van der Waals surface area contributed by atoms with Gasteiger partial charge in [-0.1, -0.05) is 30.3 Å². The van der Waals surface area contributed by atoms with Gasteiger partial charge >= 0.3 is 0 Å². The van der Waals surface area contributed by atoms with Gasteiger partial charge in [0.1, 0.15) is 24.4 Å². The predicted molar refractivity (Wildman–Crippen MR) is 94.9 cm³/mol. The Morgan fingerprint density at radius 3 is 2.64 bits per heavy atom. The Morgan fingerprint density at radius 1 is 1.08 bits per heavy atom. The minimum Gasteiger partial charge on any atom is -0.387 e. The van der Waals surface area contributed by atoms with Crippen molar-refractivity contribution in [3.8, 4) is 0 Å². The van der Waals surface area contributed by atoms with Gasteiger partial charge in [0.25, 0.3) is 0 Å². The van der Waals surface area contributed by atoms with Crippen molar-refractivity contribution in [1.82, 2.24) is 10.6 Å². The maximum atomic E-state index is 10.3. The molecule has 0 aromatic heterocycles. The monoisotopic (exact) mass is 368 g/mol. The Kier molecular flexibility index (Phi) is 6.57. The molecule has 3 aliphatic rings. The van der Waals surface area contributed by atoms with Crippen LogP contribution in [0.3, 0.4) is 0 Å². The van der Waals surface area contributed by atoms with Crippen LogP contribution in [-0.2, 0) is 20.8 Å². The average molecular weight is 368 g/mol. The molecule has 8 heteroatoms. The highest BCUT2D eigenvalue weighted by atomic mass is 32.1. The van der Waals surface area contributed by atoms with E-state index in [-0.39, 0.29) is 0 Å². The summed E-state index contributed by atoms with van der Waals surface area (Å²) < 4.78 is 16.9. The van der Waals surface area contributed by atoms with E-state index in [1.54, 1.807) is 0 Å². The summed E-state index contributed by atoms with van der Waals surface area (Å²) in [6.07, 6.45) is -3.45. The topological polar surface area (TPSA) is 92.2 Å². The van der Waals surface area contributed by atoms with E-state index >= 15 is 0 Å². The first-order valence-corrected chi connectivity index (χ1v) is 8.86. The van der Waals surface area contributed by atoms with Crippen molar-refractivity contribution in [2.45, 2.75) is 43.7 Å². The number of benzene rings is 1. The Morgan fingerprint density at radius 2 is 1.84 bits per heavy atom. The molecule has 3 heterocycles. The molecule has 4 rings (SSSR count). The molecule has 0 amide bonds. The first kappa shape index (κ1) is 18.5. The Labute approximate surface area is 152 Å². The van der Waals surface area contributed by atoms with Gasteiger partial charge in [-0.2, -0.15) is 0 Å². The standard InChI is InChI=1S/C17H24N2O5S/c20-13-14(21)16-23-8-4-7-22-15(13)12(24-16)10-19-17(25)18-9-11-5-2-1-3-6-11/h1-3,5-6,12-16,20-21H,4,7-10H2,(H2,18,19,25). The van der Waals surface area contributed by atoms with Crippen molar-refractivity contribution in [2.24, 2.45) is 0 Å². The number of aliphatic hydroxyl groups excluding tert-OH is 2. The van der Waals surface area contributed by atoms with E-state index < -0.39 is 30.7 Å². The summed E-state index contributed by atoms with van der Waals surface area (Å²) in [5.41, 5.74) is 1.12. The summed E-state index contributed by atoms with van der Waals surface area (Å²) in [6.45, 7) is 1.82. The second-order valence-corrected chi connectivity index (χ2v) is 6.54. The van der Waals surface area contributed by atoms with Gasteiger partial charge in [-0.3, -0.25) is 0 Å². The van der Waals surface area contributed by atoms with Crippen LogP contribution in [0.15, 0.2) is 30.3 Å². The molecular weight excluding hydrogens is 344 g/mol. The molecule has 138 valence electrons. The van der Waals surface area contributed by atoms with Crippen LogP contribution >= 0.6 is 12.2 Å². The number of ether oxygens (including phenoxy) is 3. The van der Waals surface area contributed by atoms with Crippen molar-refractivity contribution >= 4 is 17.3 Å². The minimum absolute atomic E-state index is 0.342. The van der Waals surface area contributed by atoms with Gasteiger partial charge in [-0.25, -0.2) is 0 Å². The number of fused-ring (bicyclic) bond motifs is 6. The van der Waals surface area contributed by atoms with Crippen LogP contribution in [0.4, 0.5) is 0 Å². The summed E-state index contributed by atoms with van der Waals surface area (Å²) in [4.78, 5) is 0. The third kappa shape index (κ3) is 4.87. The number of nitrogens with one attached hydrogen (secondary N) is 2. The van der Waals surface area contributed by atoms with E-state index in [9.17, 15) is 10.2 Å². The van der Waals surface area contributed by atoms with Gasteiger partial charge in [-0.15, -0.1) is 0 Å². The number of hydrogen-bond acceptors (Lipinski definition) is 6. The molecule has 0 radical (unpaired) electrons. The number of hydrogen-bond donors (Lipinski definition) is 4. The van der Waals surface area contributed by atoms with Crippen LogP contribution in [-0.4, -0.2) is 65.8 Å². The lowest BCUT2D eigenvalue weighted by atomic mass is 9.98. The largest absolute Gasteiger partial charge is 0.387 e. The minimum atomic E-state index is -1.12. The molecule has 3 aliphatic heterocycles. The van der Waals surface area contributed by atoms with Crippen LogP contribution < -0.4 is 10.6 Å². The SMILES string of the molecule is OC1C2OCCCOC(C(CNC(=S)NCc3ccccc3)O2)C1O. The highest BCUT2D eigenvalue weighted by Gasteiger charge is 2.46. The predicted octanol–water partition coefficient (Wildman–Crippen LogP) is -0.0971. The molecule has 1 aromatic rings. The second-order valence-electron chi connectivity index (χ2n) is 6.13. The molecule has 4 N–H and O–H groups in total. The quantitative estimate of drug-likeness (QED) is 0.548. The lowest BCUT2D eigenvalue weighted by Gasteiger charge is -2.41. The third-order valence-electron chi connectivity index (χ3n) is 4.28. The van der Waals surface area contributed by atoms with Crippen LogP contribution in [0.2, 0.25) is 0 Å². The van der Waals surface area contributed by atoms with Gasteiger partial charge in [0.05, 0.1) is 6.61 Å². The second kappa shape index (κ2) is 8.88. The summed E-state index contributed by atoms with van der Waals surface area (Å²) in [5, 5.41) is 27.0. The van der Waals surface area contributed by atoms with Crippen LogP contribution in [0.5, 0.6) is 0 Å². The third-order valence-corrected chi connectivity index (χ3v) is 4.57. The molecule has 7 nitrogen and oxygen atoms in total. The molecule has 2 bridgehead atoms. The molecular formula is C17H24N2O5S. The van der Waals surface area contributed by atoms with Crippen molar-refractivity contribution in [1.29, 1.82) is 0 Å². The number of thiocarbonyl (C=S) groups is 1. The zero-order valence-electron chi connectivity index (χ0n) is 13.8. The summed E-state index contributed by atoms with van der Waals surface area (Å²) in [5.74, 6) is 0. The number of rotatable bonds is 4. The maximum absolute atomic E-state index is 10.3. The fraction of sp³-hybridized carbons (Fsp3) is 0.588. The van der Waals surface area contributed by atoms with Crippen molar-refractivity contribution < 1.29 is 24.4 Å². The average Bonchev–Trinajstić information content (AvgIpc) is 2.77. The highest BCUT2D eigenvalue weighted by molar-refractivity contribution is 7.80. The first-order chi connectivity index (χ1) is 12.1. The fourth-order valence-electron chi connectivity index (χ4n) is 2.93. The lowest BCUT2D eigenvalue weighted by Crippen LogP contribution is -2.61. The van der Waals surface area contributed by atoms with Crippen molar-refractivity contribution in [3.05, 3.63) is 35.9 Å². The van der Waals surface area contributed by atoms with E-state index in [0.29, 0.717) is 37.8 Å². The van der Waals surface area contributed by atoms with Crippen molar-refractivity contribution in [3.63, 3.8) is 0 Å². The lowest BCUT2D eigenvalue weighted by molar-refractivity contribution is -0.292. The smallest absolute Gasteiger partial charge is 0.186 e. The molecule has 0 aliphatic carbocycles. The Bertz CT molecular complexity index is 559. The first-order valence-electron chi connectivity index (χ1n) is 8.45. The van der Waals surface area contributed by atoms with Crippen LogP contribution in [0.1, 0.15) is 12.0 Å². The van der Waals surface area contributed by atoms with Gasteiger partial charge in [0.2, 0.25) is 0 Å². The fourth-order valence-corrected chi connectivity index (χ4v) is 3.08. The Balaban J connectivity index is 1.52. The summed E-state index contributed by atoms with van der Waals surface area (Å²) >= 11 is 5.29. The van der Waals surface area contributed by atoms with E-state index in [2.05, 4.69) is 10.6 Å². The number of aliphatic hydroxyl groups is 2. The molecule has 0 spiro atoms. The van der Waals surface area contributed by atoms with Crippen LogP contribution in [0.25, 0.3) is 0 Å². The van der Waals surface area contributed by atoms with Crippen molar-refractivity contribution in [2.75, 3.05) is 19.8 Å². The van der Waals surface area contributed by atoms with Gasteiger partial charge in [-0.05, 0) is 24.2 Å². The van der Waals surface area contributed by atoms with Gasteiger partial charge < -0.3 is 35.1 Å². The molecule has 5 atom stereocenters. The van der Waals surface area contributed by atoms with E-state index in [1.807, 2.05) is 30.3 Å². The van der Waals surface area contributed by atoms with Crippen LogP contribution in [0, 0.1) is 0 Å². The Hall–Kier alpha value is -1.29. The summed E-state index contributed by atoms with van der Waals surface area (Å²) in [6, 6.07) is 9.93. The molecule has 5 unspecified atom stereocenters. The summed E-state index contributed by atoms with van der Waals surface area (Å²) in [7, 11) is 0. The van der Waals surface area contributed by atoms with Gasteiger partial charge in [0, 0.05) is 19.7 Å². The zero-order chi connectivity index (χ0) is 17.6. The molecule has 3 saturated heterocycles. The highest BCUT2D eigenvalue weighted by Crippen LogP contribution is 2.25. The van der Waals surface area contributed by atoms with E-state index in [4.69, 9.17) is 26.4 Å². The van der Waals surface area contributed by atoms with E-state index in [0.717, 1.165) is 5.56 Å². The van der Waals surface area contributed by atoms with Gasteiger partial charge in [0.15, 0.2) is 11.4 Å². The zero-order valence-corrected chi connectivity index (χ0v) is 14.7. The molecule has 0 saturated carbocycles. The molecule has 3 fully saturated rings. The van der Waals surface area contributed by atoms with E-state index in [1.165, 1.54) is 0 Å².